The molecule has 0 fully saturated rings. The van der Waals surface area contributed by atoms with Gasteiger partial charge < -0.3 is 15.0 Å². The van der Waals surface area contributed by atoms with Gasteiger partial charge >= 0.3 is 0 Å². The lowest BCUT2D eigenvalue weighted by atomic mass is 10.0. The summed E-state index contributed by atoms with van der Waals surface area (Å²) in [6.07, 6.45) is 1.19. The van der Waals surface area contributed by atoms with E-state index in [-0.39, 0.29) is 18.2 Å². The van der Waals surface area contributed by atoms with Crippen molar-refractivity contribution in [3.8, 4) is 5.75 Å². The molecule has 0 aliphatic rings. The third-order valence-corrected chi connectivity index (χ3v) is 5.90. The highest BCUT2D eigenvalue weighted by molar-refractivity contribution is 6.30. The molecule has 3 aromatic rings. The van der Waals surface area contributed by atoms with Crippen LogP contribution in [0.3, 0.4) is 0 Å². The summed E-state index contributed by atoms with van der Waals surface area (Å²) in [6, 6.07) is 23.5. The van der Waals surface area contributed by atoms with Crippen molar-refractivity contribution in [2.24, 2.45) is 0 Å². The van der Waals surface area contributed by atoms with Crippen LogP contribution in [0.4, 0.5) is 0 Å². The van der Waals surface area contributed by atoms with Gasteiger partial charge in [0.2, 0.25) is 11.8 Å². The summed E-state index contributed by atoms with van der Waals surface area (Å²) in [5, 5.41) is 3.98. The fourth-order valence-electron chi connectivity index (χ4n) is 3.59. The predicted octanol–water partition coefficient (Wildman–Crippen LogP) is 5.54. The van der Waals surface area contributed by atoms with Gasteiger partial charge in [0, 0.05) is 36.5 Å². The second-order valence-electron chi connectivity index (χ2n) is 7.87. The van der Waals surface area contributed by atoms with E-state index in [0.29, 0.717) is 41.8 Å². The van der Waals surface area contributed by atoms with Crippen molar-refractivity contribution in [1.82, 2.24) is 10.2 Å². The quantitative estimate of drug-likeness (QED) is 0.353. The molecule has 178 valence electrons. The second-order valence-corrected chi connectivity index (χ2v) is 8.75. The van der Waals surface area contributed by atoms with Gasteiger partial charge in [-0.1, -0.05) is 65.7 Å². The SMILES string of the molecule is CNC(=O)[C@@H](Cc1ccccc1)N(Cc1ccc(Cl)cc1)C(=O)CCCOc1ccc(Cl)cc1. The Kier molecular flexibility index (Phi) is 9.80. The summed E-state index contributed by atoms with van der Waals surface area (Å²) in [6.45, 7) is 0.685. The van der Waals surface area contributed by atoms with Gasteiger partial charge in [-0.2, -0.15) is 0 Å². The molecule has 0 radical (unpaired) electrons. The van der Waals surface area contributed by atoms with Crippen LogP contribution in [0.2, 0.25) is 10.0 Å². The maximum Gasteiger partial charge on any atom is 0.242 e. The highest BCUT2D eigenvalue weighted by Gasteiger charge is 2.29. The monoisotopic (exact) mass is 498 g/mol. The first-order chi connectivity index (χ1) is 16.5. The van der Waals surface area contributed by atoms with Gasteiger partial charge in [0.05, 0.1) is 6.61 Å². The van der Waals surface area contributed by atoms with Gasteiger partial charge in [-0.3, -0.25) is 9.59 Å². The normalized spacial score (nSPS) is 11.5. The number of halogens is 2. The Bertz CT molecular complexity index is 1060. The molecule has 0 aromatic heterocycles. The summed E-state index contributed by atoms with van der Waals surface area (Å²) < 4.78 is 5.72. The number of ether oxygens (including phenoxy) is 1. The average Bonchev–Trinajstić information content (AvgIpc) is 2.86. The maximum atomic E-state index is 13.4. The number of amides is 2. The molecule has 5 nitrogen and oxygen atoms in total. The van der Waals surface area contributed by atoms with Crippen LogP contribution in [0.1, 0.15) is 24.0 Å². The van der Waals surface area contributed by atoms with E-state index in [2.05, 4.69) is 5.32 Å². The molecule has 3 aromatic carbocycles. The third-order valence-electron chi connectivity index (χ3n) is 5.40. The lowest BCUT2D eigenvalue weighted by molar-refractivity contribution is -0.141. The van der Waals surface area contributed by atoms with Crippen LogP contribution in [0.15, 0.2) is 78.9 Å². The molecule has 0 heterocycles. The minimum Gasteiger partial charge on any atom is -0.494 e. The number of carbonyl (C=O) groups is 2. The number of likely N-dealkylation sites (N-methyl/N-ethyl adjacent to an activating group) is 1. The van der Waals surface area contributed by atoms with E-state index in [1.54, 1.807) is 48.3 Å². The highest BCUT2D eigenvalue weighted by atomic mass is 35.5. The van der Waals surface area contributed by atoms with Crippen LogP contribution in [-0.2, 0) is 22.6 Å². The first-order valence-corrected chi connectivity index (χ1v) is 11.9. The smallest absolute Gasteiger partial charge is 0.242 e. The van der Waals surface area contributed by atoms with Crippen molar-refractivity contribution in [2.75, 3.05) is 13.7 Å². The predicted molar refractivity (Wildman–Crippen MR) is 136 cm³/mol. The lowest BCUT2D eigenvalue weighted by Gasteiger charge is -2.31. The molecular weight excluding hydrogens is 471 g/mol. The fraction of sp³-hybridized carbons (Fsp3) is 0.259. The van der Waals surface area contributed by atoms with E-state index in [1.165, 1.54) is 0 Å². The van der Waals surface area contributed by atoms with Gasteiger partial charge in [0.15, 0.2) is 0 Å². The summed E-state index contributed by atoms with van der Waals surface area (Å²) >= 11 is 11.9. The van der Waals surface area contributed by atoms with Crippen LogP contribution >= 0.6 is 23.2 Å². The Balaban J connectivity index is 1.73. The molecule has 0 unspecified atom stereocenters. The van der Waals surface area contributed by atoms with Crippen LogP contribution < -0.4 is 10.1 Å². The second kappa shape index (κ2) is 13.0. The Morgan fingerprint density at radius 3 is 2.12 bits per heavy atom. The number of nitrogens with one attached hydrogen (secondary N) is 1. The Labute approximate surface area is 210 Å². The molecule has 0 saturated heterocycles. The largest absolute Gasteiger partial charge is 0.494 e. The summed E-state index contributed by atoms with van der Waals surface area (Å²) in [7, 11) is 1.59. The molecule has 1 atom stereocenters. The van der Waals surface area contributed by atoms with Gasteiger partial charge in [0.1, 0.15) is 11.8 Å². The van der Waals surface area contributed by atoms with Crippen molar-refractivity contribution in [3.05, 3.63) is 100 Å². The van der Waals surface area contributed by atoms with E-state index in [4.69, 9.17) is 27.9 Å². The highest BCUT2D eigenvalue weighted by Crippen LogP contribution is 2.19. The summed E-state index contributed by atoms with van der Waals surface area (Å²) in [5.41, 5.74) is 1.88. The van der Waals surface area contributed by atoms with Gasteiger partial charge in [0.25, 0.3) is 0 Å². The summed E-state index contributed by atoms with van der Waals surface area (Å²) in [5.74, 6) is 0.380. The molecule has 7 heteroatoms. The fourth-order valence-corrected chi connectivity index (χ4v) is 3.85. The lowest BCUT2D eigenvalue weighted by Crippen LogP contribution is -2.49. The zero-order valence-corrected chi connectivity index (χ0v) is 20.6. The zero-order chi connectivity index (χ0) is 24.3. The Morgan fingerprint density at radius 1 is 0.882 bits per heavy atom. The molecular formula is C27H28Cl2N2O3. The molecule has 0 bridgehead atoms. The van der Waals surface area contributed by atoms with E-state index in [1.807, 2.05) is 42.5 Å². The number of rotatable bonds is 11. The van der Waals surface area contributed by atoms with Crippen molar-refractivity contribution in [1.29, 1.82) is 0 Å². The van der Waals surface area contributed by atoms with Crippen LogP contribution in [0.5, 0.6) is 5.75 Å². The Hall–Kier alpha value is -3.02. The van der Waals surface area contributed by atoms with E-state index in [9.17, 15) is 9.59 Å². The van der Waals surface area contributed by atoms with Crippen molar-refractivity contribution >= 4 is 35.0 Å². The zero-order valence-electron chi connectivity index (χ0n) is 19.0. The Morgan fingerprint density at radius 2 is 1.50 bits per heavy atom. The molecule has 2 amide bonds. The third kappa shape index (κ3) is 7.79. The van der Waals surface area contributed by atoms with Crippen molar-refractivity contribution < 1.29 is 14.3 Å². The molecule has 34 heavy (non-hydrogen) atoms. The molecule has 0 saturated carbocycles. The topological polar surface area (TPSA) is 58.6 Å². The number of benzene rings is 3. The average molecular weight is 499 g/mol. The van der Waals surface area contributed by atoms with Crippen LogP contribution in [-0.4, -0.2) is 36.4 Å². The standard InChI is InChI=1S/C27H28Cl2N2O3/c1-30-27(33)25(18-20-6-3-2-4-7-20)31(19-21-9-11-22(28)12-10-21)26(32)8-5-17-34-24-15-13-23(29)14-16-24/h2-4,6-7,9-16,25H,5,8,17-19H2,1H3,(H,30,33)/t25-/m1/s1. The number of hydrogen-bond acceptors (Lipinski definition) is 3. The minimum absolute atomic E-state index is 0.112. The molecule has 0 spiro atoms. The van der Waals surface area contributed by atoms with Crippen LogP contribution in [0.25, 0.3) is 0 Å². The van der Waals surface area contributed by atoms with E-state index in [0.717, 1.165) is 11.1 Å². The van der Waals surface area contributed by atoms with Gasteiger partial charge in [-0.25, -0.2) is 0 Å². The molecule has 0 aliphatic heterocycles. The number of nitrogens with zero attached hydrogens (tertiary/aromatic N) is 1. The van der Waals surface area contributed by atoms with Crippen molar-refractivity contribution in [3.63, 3.8) is 0 Å². The van der Waals surface area contributed by atoms with Gasteiger partial charge in [-0.15, -0.1) is 0 Å². The molecule has 3 rings (SSSR count). The minimum atomic E-state index is -0.646. The van der Waals surface area contributed by atoms with Gasteiger partial charge in [-0.05, 0) is 53.9 Å². The molecule has 0 aliphatic carbocycles. The van der Waals surface area contributed by atoms with E-state index < -0.39 is 6.04 Å². The number of carbonyl (C=O) groups excluding carboxylic acids is 2. The maximum absolute atomic E-state index is 13.4. The van der Waals surface area contributed by atoms with E-state index >= 15 is 0 Å². The first kappa shape index (κ1) is 25.6. The molecule has 1 N–H and O–H groups in total. The summed E-state index contributed by atoms with van der Waals surface area (Å²) in [4.78, 5) is 27.9. The number of hydrogen-bond donors (Lipinski definition) is 1. The van der Waals surface area contributed by atoms with Crippen LogP contribution in [0, 0.1) is 0 Å². The van der Waals surface area contributed by atoms with Crippen molar-refractivity contribution in [2.45, 2.75) is 31.8 Å². The first-order valence-electron chi connectivity index (χ1n) is 11.1.